The highest BCUT2D eigenvalue weighted by Crippen LogP contribution is 2.27. The highest BCUT2D eigenvalue weighted by atomic mass is 19.1. The summed E-state index contributed by atoms with van der Waals surface area (Å²) in [6.07, 6.45) is 0.953. The number of anilines is 2. The lowest BCUT2D eigenvalue weighted by Gasteiger charge is -2.18. The summed E-state index contributed by atoms with van der Waals surface area (Å²) in [5, 5.41) is 0. The number of carbonyl (C=O) groups excluding carboxylic acids is 1. The molecule has 0 spiro atoms. The molecule has 0 amide bonds. The first-order chi connectivity index (χ1) is 9.65. The van der Waals surface area contributed by atoms with Crippen molar-refractivity contribution in [2.24, 2.45) is 0 Å². The Hall–Kier alpha value is -2.36. The second kappa shape index (κ2) is 4.96. The maximum atomic E-state index is 13.1. The number of hydrogen-bond donors (Lipinski definition) is 1. The normalized spacial score (nSPS) is 13.3. The number of nitrogens with two attached hydrogens (primary N) is 1. The molecule has 0 fully saturated rings. The topological polar surface area (TPSA) is 46.3 Å². The number of halogens is 1. The van der Waals surface area contributed by atoms with Crippen LogP contribution in [-0.2, 0) is 6.42 Å². The van der Waals surface area contributed by atoms with E-state index in [0.29, 0.717) is 12.1 Å². The molecule has 4 heteroatoms. The minimum absolute atomic E-state index is 0.0117. The van der Waals surface area contributed by atoms with Crippen LogP contribution in [0.25, 0.3) is 0 Å². The second-order valence-corrected chi connectivity index (χ2v) is 4.96. The van der Waals surface area contributed by atoms with Gasteiger partial charge in [0.1, 0.15) is 5.82 Å². The van der Waals surface area contributed by atoms with Crippen LogP contribution in [0.15, 0.2) is 42.5 Å². The van der Waals surface area contributed by atoms with Gasteiger partial charge in [-0.2, -0.15) is 0 Å². The molecule has 102 valence electrons. The van der Waals surface area contributed by atoms with Gasteiger partial charge in [-0.1, -0.05) is 18.2 Å². The van der Waals surface area contributed by atoms with Crippen LogP contribution in [0.3, 0.4) is 0 Å². The Kier molecular flexibility index (Phi) is 3.14. The largest absolute Gasteiger partial charge is 0.396 e. The monoisotopic (exact) mass is 270 g/mol. The van der Waals surface area contributed by atoms with E-state index < -0.39 is 5.82 Å². The van der Waals surface area contributed by atoms with Crippen molar-refractivity contribution >= 4 is 17.2 Å². The van der Waals surface area contributed by atoms with Crippen LogP contribution >= 0.6 is 0 Å². The van der Waals surface area contributed by atoms with Gasteiger partial charge in [-0.25, -0.2) is 4.39 Å². The molecule has 1 aliphatic rings. The number of rotatable bonds is 3. The number of benzene rings is 2. The summed E-state index contributed by atoms with van der Waals surface area (Å²) in [7, 11) is 0. The van der Waals surface area contributed by atoms with Gasteiger partial charge in [-0.3, -0.25) is 4.79 Å². The molecule has 2 aromatic carbocycles. The molecule has 0 saturated heterocycles. The predicted molar refractivity (Wildman–Crippen MR) is 77.5 cm³/mol. The summed E-state index contributed by atoms with van der Waals surface area (Å²) < 4.78 is 13.1. The van der Waals surface area contributed by atoms with Gasteiger partial charge in [0.15, 0.2) is 5.78 Å². The van der Waals surface area contributed by atoms with Crippen LogP contribution in [0, 0.1) is 5.82 Å². The van der Waals surface area contributed by atoms with Crippen molar-refractivity contribution in [3.8, 4) is 0 Å². The first kappa shape index (κ1) is 12.7. The minimum atomic E-state index is -0.493. The summed E-state index contributed by atoms with van der Waals surface area (Å²) >= 11 is 0. The fraction of sp³-hybridized carbons (Fsp3) is 0.188. The van der Waals surface area contributed by atoms with E-state index >= 15 is 0 Å². The van der Waals surface area contributed by atoms with E-state index in [1.807, 2.05) is 18.2 Å². The molecule has 3 rings (SSSR count). The zero-order valence-electron chi connectivity index (χ0n) is 11.0. The van der Waals surface area contributed by atoms with Crippen molar-refractivity contribution in [2.45, 2.75) is 6.42 Å². The molecular weight excluding hydrogens is 255 g/mol. The van der Waals surface area contributed by atoms with Crippen molar-refractivity contribution in [1.82, 2.24) is 0 Å². The molecule has 3 nitrogen and oxygen atoms in total. The van der Waals surface area contributed by atoms with Crippen LogP contribution in [0.5, 0.6) is 0 Å². The standard InChI is InChI=1S/C16H15FN2O/c17-13-6-5-12(9-14(13)18)16(20)10-19-8-7-11-3-1-2-4-15(11)19/h1-6,9H,7-8,10,18H2. The smallest absolute Gasteiger partial charge is 0.182 e. The van der Waals surface area contributed by atoms with Crippen LogP contribution in [0.4, 0.5) is 15.8 Å². The molecule has 0 unspecified atom stereocenters. The van der Waals surface area contributed by atoms with E-state index in [0.717, 1.165) is 18.7 Å². The summed E-state index contributed by atoms with van der Waals surface area (Å²) in [5.41, 5.74) is 8.34. The molecule has 0 aromatic heterocycles. The van der Waals surface area contributed by atoms with Gasteiger partial charge in [0.25, 0.3) is 0 Å². The first-order valence-electron chi connectivity index (χ1n) is 6.56. The molecule has 2 N–H and O–H groups in total. The number of nitrogen functional groups attached to an aromatic ring is 1. The molecule has 1 aliphatic heterocycles. The third kappa shape index (κ3) is 2.25. The lowest BCUT2D eigenvalue weighted by atomic mass is 10.1. The maximum Gasteiger partial charge on any atom is 0.182 e. The molecule has 2 aromatic rings. The third-order valence-corrected chi connectivity index (χ3v) is 3.64. The van der Waals surface area contributed by atoms with Crippen LogP contribution in [0.2, 0.25) is 0 Å². The summed E-state index contributed by atoms with van der Waals surface area (Å²) in [4.78, 5) is 14.3. The van der Waals surface area contributed by atoms with E-state index in [1.165, 1.54) is 23.8 Å². The number of hydrogen-bond acceptors (Lipinski definition) is 3. The zero-order chi connectivity index (χ0) is 14.1. The van der Waals surface area contributed by atoms with Gasteiger partial charge in [-0.15, -0.1) is 0 Å². The van der Waals surface area contributed by atoms with Gasteiger partial charge in [0.05, 0.1) is 12.2 Å². The van der Waals surface area contributed by atoms with Crippen LogP contribution < -0.4 is 10.6 Å². The van der Waals surface area contributed by atoms with Crippen LogP contribution in [0.1, 0.15) is 15.9 Å². The second-order valence-electron chi connectivity index (χ2n) is 4.96. The molecule has 1 heterocycles. The molecule has 0 radical (unpaired) electrons. The Morgan fingerprint density at radius 3 is 2.85 bits per heavy atom. The number of ketones is 1. The van der Waals surface area contributed by atoms with Gasteiger partial charge in [0.2, 0.25) is 0 Å². The zero-order valence-corrected chi connectivity index (χ0v) is 11.0. The molecule has 20 heavy (non-hydrogen) atoms. The highest BCUT2D eigenvalue weighted by Gasteiger charge is 2.21. The van der Waals surface area contributed by atoms with Crippen molar-refractivity contribution in [1.29, 1.82) is 0 Å². The Morgan fingerprint density at radius 1 is 1.25 bits per heavy atom. The van der Waals surface area contributed by atoms with Crippen molar-refractivity contribution < 1.29 is 9.18 Å². The lowest BCUT2D eigenvalue weighted by Crippen LogP contribution is -2.28. The van der Waals surface area contributed by atoms with Gasteiger partial charge in [0, 0.05) is 17.8 Å². The van der Waals surface area contributed by atoms with Gasteiger partial charge >= 0.3 is 0 Å². The lowest BCUT2D eigenvalue weighted by molar-refractivity contribution is 0.0999. The maximum absolute atomic E-state index is 13.1. The molecule has 0 atom stereocenters. The quantitative estimate of drug-likeness (QED) is 0.689. The summed E-state index contributed by atoms with van der Waals surface area (Å²) in [6, 6.07) is 12.2. The fourth-order valence-electron chi connectivity index (χ4n) is 2.55. The number of para-hydroxylation sites is 1. The molecule has 0 bridgehead atoms. The molecular formula is C16H15FN2O. The third-order valence-electron chi connectivity index (χ3n) is 3.64. The van der Waals surface area contributed by atoms with Crippen molar-refractivity contribution in [2.75, 3.05) is 23.7 Å². The number of fused-ring (bicyclic) bond motifs is 1. The SMILES string of the molecule is Nc1cc(C(=O)CN2CCc3ccccc32)ccc1F. The van der Waals surface area contributed by atoms with E-state index in [1.54, 1.807) is 0 Å². The van der Waals surface area contributed by atoms with E-state index in [9.17, 15) is 9.18 Å². The molecule has 0 aliphatic carbocycles. The number of nitrogens with zero attached hydrogens (tertiary/aromatic N) is 1. The number of Topliss-reactive ketones (excluding diaryl/α,β-unsaturated/α-hetero) is 1. The van der Waals surface area contributed by atoms with Crippen LogP contribution in [-0.4, -0.2) is 18.9 Å². The molecule has 0 saturated carbocycles. The average Bonchev–Trinajstić information content (AvgIpc) is 2.85. The average molecular weight is 270 g/mol. The Balaban J connectivity index is 1.79. The summed E-state index contributed by atoms with van der Waals surface area (Å²) in [5.74, 6) is -0.540. The minimum Gasteiger partial charge on any atom is -0.396 e. The fourth-order valence-corrected chi connectivity index (χ4v) is 2.55. The highest BCUT2D eigenvalue weighted by molar-refractivity contribution is 6.00. The van der Waals surface area contributed by atoms with E-state index in [-0.39, 0.29) is 11.5 Å². The predicted octanol–water partition coefficient (Wildman–Crippen LogP) is 2.65. The van der Waals surface area contributed by atoms with E-state index in [4.69, 9.17) is 5.73 Å². The Morgan fingerprint density at radius 2 is 2.05 bits per heavy atom. The van der Waals surface area contributed by atoms with E-state index in [2.05, 4.69) is 11.0 Å². The Bertz CT molecular complexity index is 669. The van der Waals surface area contributed by atoms with Crippen molar-refractivity contribution in [3.63, 3.8) is 0 Å². The first-order valence-corrected chi connectivity index (χ1v) is 6.56. The Labute approximate surface area is 116 Å². The summed E-state index contributed by atoms with van der Waals surface area (Å²) in [6.45, 7) is 1.13. The van der Waals surface area contributed by atoms with Crippen molar-refractivity contribution in [3.05, 3.63) is 59.4 Å². The number of carbonyl (C=O) groups is 1. The van der Waals surface area contributed by atoms with Gasteiger partial charge < -0.3 is 10.6 Å². The van der Waals surface area contributed by atoms with Gasteiger partial charge in [-0.05, 0) is 36.2 Å².